The van der Waals surface area contributed by atoms with Crippen molar-refractivity contribution < 1.29 is 4.79 Å². The first-order chi connectivity index (χ1) is 8.64. The second-order valence-electron chi connectivity index (χ2n) is 8.48. The van der Waals surface area contributed by atoms with Gasteiger partial charge >= 0.3 is 0 Å². The highest BCUT2D eigenvalue weighted by molar-refractivity contribution is 5.85. The van der Waals surface area contributed by atoms with Gasteiger partial charge in [0.2, 0.25) is 5.91 Å². The molecule has 0 aromatic heterocycles. The molecule has 1 aliphatic carbocycles. The molecule has 2 fully saturated rings. The van der Waals surface area contributed by atoms with Crippen LogP contribution in [0.5, 0.6) is 0 Å². The van der Waals surface area contributed by atoms with Gasteiger partial charge in [0.25, 0.3) is 0 Å². The van der Waals surface area contributed by atoms with Crippen LogP contribution >= 0.6 is 12.4 Å². The van der Waals surface area contributed by atoms with Crippen molar-refractivity contribution in [2.45, 2.75) is 65.8 Å². The normalized spacial score (nSPS) is 24.9. The minimum atomic E-state index is -0.105. The number of carbonyl (C=O) groups excluding carboxylic acids is 1. The Morgan fingerprint density at radius 2 is 1.75 bits per heavy atom. The van der Waals surface area contributed by atoms with Gasteiger partial charge in [0.15, 0.2) is 0 Å². The molecule has 2 N–H and O–H groups in total. The topological polar surface area (TPSA) is 41.1 Å². The lowest BCUT2D eigenvalue weighted by atomic mass is 9.81. The summed E-state index contributed by atoms with van der Waals surface area (Å²) in [7, 11) is 0. The predicted octanol–water partition coefficient (Wildman–Crippen LogP) is 3.13. The van der Waals surface area contributed by atoms with Crippen molar-refractivity contribution in [3.63, 3.8) is 0 Å². The Balaban J connectivity index is 0.00000200. The smallest absolute Gasteiger partial charge is 0.224 e. The van der Waals surface area contributed by atoms with Crippen LogP contribution in [0.1, 0.15) is 60.3 Å². The molecular weight excluding hydrogens is 272 g/mol. The number of piperidine rings is 1. The Hall–Kier alpha value is -0.280. The van der Waals surface area contributed by atoms with Crippen LogP contribution in [0, 0.1) is 16.7 Å². The standard InChI is InChI=1S/C16H30N2O.ClH/c1-14(2,3)11-15(4,5)18-13(19)12-10-16(12)6-8-17-9-7-16;/h12,17H,6-11H2,1-5H3,(H,18,19);1H. The van der Waals surface area contributed by atoms with E-state index in [-0.39, 0.29) is 35.2 Å². The van der Waals surface area contributed by atoms with Crippen LogP contribution in [0.4, 0.5) is 0 Å². The van der Waals surface area contributed by atoms with Crippen LogP contribution in [0.25, 0.3) is 0 Å². The van der Waals surface area contributed by atoms with Crippen LogP contribution in [0.3, 0.4) is 0 Å². The molecule has 1 spiro atoms. The van der Waals surface area contributed by atoms with E-state index in [0.29, 0.717) is 5.41 Å². The van der Waals surface area contributed by atoms with Gasteiger partial charge in [-0.15, -0.1) is 12.4 Å². The Morgan fingerprint density at radius 3 is 2.25 bits per heavy atom. The highest BCUT2D eigenvalue weighted by Gasteiger charge is 2.58. The average molecular weight is 303 g/mol. The maximum atomic E-state index is 12.4. The monoisotopic (exact) mass is 302 g/mol. The molecule has 1 heterocycles. The van der Waals surface area contributed by atoms with E-state index >= 15 is 0 Å². The fraction of sp³-hybridized carbons (Fsp3) is 0.938. The largest absolute Gasteiger partial charge is 0.351 e. The Bertz CT molecular complexity index is 354. The lowest BCUT2D eigenvalue weighted by Crippen LogP contribution is -2.47. The summed E-state index contributed by atoms with van der Waals surface area (Å²) in [5.41, 5.74) is 0.478. The first-order valence-corrected chi connectivity index (χ1v) is 7.66. The first-order valence-electron chi connectivity index (χ1n) is 7.66. The van der Waals surface area contributed by atoms with Crippen molar-refractivity contribution in [1.82, 2.24) is 10.6 Å². The second-order valence-corrected chi connectivity index (χ2v) is 8.48. The van der Waals surface area contributed by atoms with Crippen LogP contribution in [0.2, 0.25) is 0 Å². The molecule has 2 rings (SSSR count). The lowest BCUT2D eigenvalue weighted by Gasteiger charge is -2.34. The molecule has 1 unspecified atom stereocenters. The van der Waals surface area contributed by atoms with Gasteiger partial charge in [-0.25, -0.2) is 0 Å². The Labute approximate surface area is 130 Å². The van der Waals surface area contributed by atoms with Gasteiger partial charge in [0.05, 0.1) is 0 Å². The third-order valence-electron chi connectivity index (χ3n) is 4.54. The van der Waals surface area contributed by atoms with Gasteiger partial charge in [-0.2, -0.15) is 0 Å². The summed E-state index contributed by atoms with van der Waals surface area (Å²) in [6.45, 7) is 13.1. The summed E-state index contributed by atoms with van der Waals surface area (Å²) in [6, 6.07) is 0. The van der Waals surface area contributed by atoms with Crippen LogP contribution in [-0.4, -0.2) is 24.5 Å². The van der Waals surface area contributed by atoms with E-state index in [1.54, 1.807) is 0 Å². The number of hydrogen-bond acceptors (Lipinski definition) is 2. The molecule has 1 atom stereocenters. The summed E-state index contributed by atoms with van der Waals surface area (Å²) in [6.07, 6.45) is 4.45. The zero-order valence-electron chi connectivity index (χ0n) is 13.6. The fourth-order valence-electron chi connectivity index (χ4n) is 3.99. The number of hydrogen-bond donors (Lipinski definition) is 2. The van der Waals surface area contributed by atoms with Crippen molar-refractivity contribution in [1.29, 1.82) is 0 Å². The predicted molar refractivity (Wildman–Crippen MR) is 86.2 cm³/mol. The number of amides is 1. The molecular formula is C16H31ClN2O. The first kappa shape index (κ1) is 17.8. The summed E-state index contributed by atoms with van der Waals surface area (Å²) < 4.78 is 0. The summed E-state index contributed by atoms with van der Waals surface area (Å²) in [5.74, 6) is 0.560. The van der Waals surface area contributed by atoms with E-state index in [4.69, 9.17) is 0 Å². The van der Waals surface area contributed by atoms with Crippen molar-refractivity contribution in [2.75, 3.05) is 13.1 Å². The van der Waals surface area contributed by atoms with Gasteiger partial charge < -0.3 is 10.6 Å². The summed E-state index contributed by atoms with van der Waals surface area (Å²) in [5, 5.41) is 6.67. The molecule has 0 radical (unpaired) electrons. The van der Waals surface area contributed by atoms with E-state index in [1.807, 2.05) is 0 Å². The number of carbonyl (C=O) groups is 1. The minimum absolute atomic E-state index is 0. The average Bonchev–Trinajstić information content (AvgIpc) is 2.88. The van der Waals surface area contributed by atoms with Crippen LogP contribution in [0.15, 0.2) is 0 Å². The summed E-state index contributed by atoms with van der Waals surface area (Å²) in [4.78, 5) is 12.4. The highest BCUT2D eigenvalue weighted by atomic mass is 35.5. The molecule has 3 nitrogen and oxygen atoms in total. The van der Waals surface area contributed by atoms with Crippen molar-refractivity contribution in [2.24, 2.45) is 16.7 Å². The molecule has 1 aliphatic heterocycles. The minimum Gasteiger partial charge on any atom is -0.351 e. The Kier molecular flexibility index (Phi) is 5.19. The van der Waals surface area contributed by atoms with Crippen molar-refractivity contribution in [3.05, 3.63) is 0 Å². The van der Waals surface area contributed by atoms with E-state index in [1.165, 1.54) is 12.8 Å². The van der Waals surface area contributed by atoms with Gasteiger partial charge in [-0.1, -0.05) is 20.8 Å². The van der Waals surface area contributed by atoms with Gasteiger partial charge in [0.1, 0.15) is 0 Å². The second kappa shape index (κ2) is 5.84. The van der Waals surface area contributed by atoms with Gasteiger partial charge in [-0.05, 0) is 63.5 Å². The number of halogens is 1. The SMILES string of the molecule is CC(C)(C)CC(C)(C)NC(=O)C1CC12CCNCC2.Cl. The van der Waals surface area contributed by atoms with E-state index in [9.17, 15) is 4.79 Å². The van der Waals surface area contributed by atoms with Crippen molar-refractivity contribution >= 4 is 18.3 Å². The molecule has 4 heteroatoms. The number of nitrogens with one attached hydrogen (secondary N) is 2. The van der Waals surface area contributed by atoms with Crippen LogP contribution in [-0.2, 0) is 4.79 Å². The lowest BCUT2D eigenvalue weighted by molar-refractivity contribution is -0.125. The van der Waals surface area contributed by atoms with Gasteiger partial charge in [-0.3, -0.25) is 4.79 Å². The van der Waals surface area contributed by atoms with E-state index in [0.717, 1.165) is 25.9 Å². The molecule has 118 valence electrons. The van der Waals surface area contributed by atoms with E-state index in [2.05, 4.69) is 45.3 Å². The number of rotatable bonds is 3. The third-order valence-corrected chi connectivity index (χ3v) is 4.54. The highest BCUT2D eigenvalue weighted by Crippen LogP contribution is 2.58. The molecule has 0 bridgehead atoms. The van der Waals surface area contributed by atoms with E-state index < -0.39 is 0 Å². The summed E-state index contributed by atoms with van der Waals surface area (Å²) >= 11 is 0. The maximum absolute atomic E-state index is 12.4. The third kappa shape index (κ3) is 4.36. The maximum Gasteiger partial charge on any atom is 0.224 e. The molecule has 0 aromatic rings. The molecule has 1 saturated heterocycles. The quantitative estimate of drug-likeness (QED) is 0.841. The zero-order valence-corrected chi connectivity index (χ0v) is 14.5. The molecule has 1 saturated carbocycles. The van der Waals surface area contributed by atoms with Crippen LogP contribution < -0.4 is 10.6 Å². The molecule has 1 amide bonds. The Morgan fingerprint density at radius 1 is 1.20 bits per heavy atom. The zero-order chi connectivity index (χ0) is 14.3. The molecule has 20 heavy (non-hydrogen) atoms. The molecule has 2 aliphatic rings. The van der Waals surface area contributed by atoms with Crippen molar-refractivity contribution in [3.8, 4) is 0 Å². The fourth-order valence-corrected chi connectivity index (χ4v) is 3.99. The molecule has 0 aromatic carbocycles. The van der Waals surface area contributed by atoms with Gasteiger partial charge in [0, 0.05) is 11.5 Å².